The lowest BCUT2D eigenvalue weighted by atomic mass is 10.1. The van der Waals surface area contributed by atoms with Gasteiger partial charge in [-0.05, 0) is 74.9 Å². The molecule has 2 N–H and O–H groups in total. The van der Waals surface area contributed by atoms with Gasteiger partial charge in [-0.2, -0.15) is 0 Å². The van der Waals surface area contributed by atoms with E-state index < -0.39 is 17.4 Å². The van der Waals surface area contributed by atoms with Gasteiger partial charge in [0.05, 0.1) is 28.9 Å². The largest absolute Gasteiger partial charge is 0.506 e. The average molecular weight is 640 g/mol. The molecule has 5 rings (SSSR count). The summed E-state index contributed by atoms with van der Waals surface area (Å²) in [6, 6.07) is 24.0. The van der Waals surface area contributed by atoms with Crippen molar-refractivity contribution in [3.05, 3.63) is 134 Å². The van der Waals surface area contributed by atoms with Gasteiger partial charge in [-0.1, -0.05) is 60.8 Å². The van der Waals surface area contributed by atoms with Crippen molar-refractivity contribution >= 4 is 40.2 Å². The van der Waals surface area contributed by atoms with Crippen LogP contribution in [-0.4, -0.2) is 32.3 Å². The number of esters is 1. The van der Waals surface area contributed by atoms with Crippen LogP contribution >= 0.6 is 11.6 Å². The van der Waals surface area contributed by atoms with E-state index >= 15 is 0 Å². The van der Waals surface area contributed by atoms with E-state index in [2.05, 4.69) is 10.3 Å². The molecule has 10 heteroatoms. The second-order valence-corrected chi connectivity index (χ2v) is 10.9. The topological polar surface area (TPSA) is 128 Å². The molecule has 0 aliphatic carbocycles. The van der Waals surface area contributed by atoms with Crippen LogP contribution in [0.1, 0.15) is 69.0 Å². The van der Waals surface area contributed by atoms with E-state index in [9.17, 15) is 24.3 Å². The molecule has 236 valence electrons. The van der Waals surface area contributed by atoms with Gasteiger partial charge >= 0.3 is 5.97 Å². The number of carbonyl (C=O) groups excluding carboxylic acids is 3. The van der Waals surface area contributed by atoms with E-state index in [0.29, 0.717) is 33.7 Å². The number of para-hydroxylation sites is 1. The molecule has 3 aromatic carbocycles. The van der Waals surface area contributed by atoms with Gasteiger partial charge in [-0.15, -0.1) is 0 Å². The van der Waals surface area contributed by atoms with Crippen molar-refractivity contribution in [2.75, 3.05) is 0 Å². The van der Waals surface area contributed by atoms with E-state index in [-0.39, 0.29) is 35.0 Å². The molecule has 0 saturated carbocycles. The van der Waals surface area contributed by atoms with Crippen molar-refractivity contribution in [3.63, 3.8) is 0 Å². The zero-order valence-electron chi connectivity index (χ0n) is 25.7. The van der Waals surface area contributed by atoms with Gasteiger partial charge in [-0.3, -0.25) is 19.4 Å². The number of aromatic nitrogens is 2. The van der Waals surface area contributed by atoms with E-state index in [0.717, 1.165) is 18.4 Å². The molecule has 5 aromatic rings. The molecular formula is C36H34ClN3O6. The highest BCUT2D eigenvalue weighted by Gasteiger charge is 2.22. The number of halogens is 1. The minimum Gasteiger partial charge on any atom is -0.506 e. The Morgan fingerprint density at radius 1 is 0.978 bits per heavy atom. The number of fused-ring (bicyclic) bond motifs is 1. The van der Waals surface area contributed by atoms with E-state index in [1.54, 1.807) is 59.3 Å². The van der Waals surface area contributed by atoms with Crippen molar-refractivity contribution in [3.8, 4) is 11.5 Å². The fraction of sp³-hybridized carbons (Fsp3) is 0.194. The molecule has 46 heavy (non-hydrogen) atoms. The van der Waals surface area contributed by atoms with Gasteiger partial charge < -0.3 is 19.7 Å². The summed E-state index contributed by atoms with van der Waals surface area (Å²) in [4.78, 5) is 53.2. The maximum absolute atomic E-state index is 12.9. The Kier molecular flexibility index (Phi) is 11.4. The van der Waals surface area contributed by atoms with Crippen LogP contribution in [0.2, 0.25) is 5.02 Å². The normalized spacial score (nSPS) is 10.5. The molecule has 0 atom stereocenters. The molecule has 0 bridgehead atoms. The first-order valence-corrected chi connectivity index (χ1v) is 15.1. The second kappa shape index (κ2) is 15.6. The first kappa shape index (κ1) is 33.6. The number of aromatic hydroxyl groups is 1. The molecule has 2 aromatic heterocycles. The summed E-state index contributed by atoms with van der Waals surface area (Å²) in [5.74, 6) is -1.38. The molecule has 9 nitrogen and oxygen atoms in total. The number of benzene rings is 3. The van der Waals surface area contributed by atoms with Crippen LogP contribution in [0.3, 0.4) is 0 Å². The van der Waals surface area contributed by atoms with Crippen LogP contribution < -0.4 is 15.6 Å². The minimum absolute atomic E-state index is 0.181. The predicted octanol–water partition coefficient (Wildman–Crippen LogP) is 6.90. The van der Waals surface area contributed by atoms with E-state index in [1.165, 1.54) is 19.1 Å². The zero-order valence-corrected chi connectivity index (χ0v) is 26.5. The summed E-state index contributed by atoms with van der Waals surface area (Å²) in [5.41, 5.74) is 2.37. The number of Topliss-reactive ketones (excluding diaryl/α,β-unsaturated/α-hetero) is 1. The third kappa shape index (κ3) is 8.25. The standard InChI is InChI=1S/C20H21N3O3.C16H13ClO3/c1-2-3-12-23-16-10-5-4-9-15(16)18(24)17(20(23)26)19(25)22-13-14-8-6-7-11-21-14;1-10-3-5-12(6-4-10)16(19)20-15-8-7-13(17)9-14(15)11(2)18/h4-11,24H,2-3,12-13H2,1H3,(H,22,25);3-9H,1-2H3. The minimum atomic E-state index is -0.603. The third-order valence-electron chi connectivity index (χ3n) is 7.08. The lowest BCUT2D eigenvalue weighted by Gasteiger charge is -2.14. The molecule has 0 unspecified atom stereocenters. The molecular weight excluding hydrogens is 606 g/mol. The second-order valence-electron chi connectivity index (χ2n) is 10.5. The van der Waals surface area contributed by atoms with Crippen LogP contribution in [0.15, 0.2) is 95.9 Å². The molecule has 1 amide bonds. The fourth-order valence-corrected chi connectivity index (χ4v) is 4.78. The number of rotatable bonds is 9. The van der Waals surface area contributed by atoms with Gasteiger partial charge in [0.2, 0.25) is 0 Å². The fourth-order valence-electron chi connectivity index (χ4n) is 4.61. The Balaban J connectivity index is 0.000000216. The summed E-state index contributed by atoms with van der Waals surface area (Å²) in [6.07, 6.45) is 3.36. The highest BCUT2D eigenvalue weighted by molar-refractivity contribution is 6.31. The monoisotopic (exact) mass is 639 g/mol. The predicted molar refractivity (Wildman–Crippen MR) is 178 cm³/mol. The van der Waals surface area contributed by atoms with Crippen molar-refractivity contribution in [2.24, 2.45) is 0 Å². The van der Waals surface area contributed by atoms with Gasteiger partial charge in [0.25, 0.3) is 11.5 Å². The summed E-state index contributed by atoms with van der Waals surface area (Å²) in [6.45, 7) is 6.04. The van der Waals surface area contributed by atoms with E-state index in [1.807, 2.05) is 38.1 Å². The first-order valence-electron chi connectivity index (χ1n) is 14.7. The SMILES string of the molecule is CC(=O)c1cc(Cl)ccc1OC(=O)c1ccc(C)cc1.CCCCn1c(=O)c(C(=O)NCc2ccccn2)c(O)c2ccccc21. The number of pyridine rings is 2. The summed E-state index contributed by atoms with van der Waals surface area (Å²) >= 11 is 5.84. The van der Waals surface area contributed by atoms with Crippen LogP contribution in [0.4, 0.5) is 0 Å². The molecule has 2 heterocycles. The molecule has 0 spiro atoms. The zero-order chi connectivity index (χ0) is 33.2. The van der Waals surface area contributed by atoms with Crippen molar-refractivity contribution < 1.29 is 24.2 Å². The number of hydrogen-bond donors (Lipinski definition) is 2. The van der Waals surface area contributed by atoms with Crippen molar-refractivity contribution in [1.82, 2.24) is 14.9 Å². The molecule has 0 aliphatic rings. The quantitative estimate of drug-likeness (QED) is 0.102. The summed E-state index contributed by atoms with van der Waals surface area (Å²) in [5, 5.41) is 14.1. The van der Waals surface area contributed by atoms with Gasteiger partial charge in [0, 0.05) is 23.2 Å². The number of nitrogens with zero attached hydrogens (tertiary/aromatic N) is 2. The number of unbranched alkanes of at least 4 members (excludes halogenated alkanes) is 1. The number of ketones is 1. The molecule has 0 aliphatic heterocycles. The summed E-state index contributed by atoms with van der Waals surface area (Å²) in [7, 11) is 0. The van der Waals surface area contributed by atoms with Crippen LogP contribution in [-0.2, 0) is 13.1 Å². The highest BCUT2D eigenvalue weighted by Crippen LogP contribution is 2.27. The highest BCUT2D eigenvalue weighted by atomic mass is 35.5. The number of carbonyl (C=O) groups is 3. The van der Waals surface area contributed by atoms with E-state index in [4.69, 9.17) is 16.3 Å². The Bertz CT molecular complexity index is 1920. The number of aryl methyl sites for hydroxylation is 2. The lowest BCUT2D eigenvalue weighted by Crippen LogP contribution is -2.33. The number of ether oxygens (including phenoxy) is 1. The average Bonchev–Trinajstić information content (AvgIpc) is 3.05. The molecule has 0 saturated heterocycles. The summed E-state index contributed by atoms with van der Waals surface area (Å²) < 4.78 is 6.83. The maximum Gasteiger partial charge on any atom is 0.343 e. The smallest absolute Gasteiger partial charge is 0.343 e. The van der Waals surface area contributed by atoms with Gasteiger partial charge in [-0.25, -0.2) is 4.79 Å². The molecule has 0 radical (unpaired) electrons. The molecule has 0 fully saturated rings. The Hall–Kier alpha value is -5.28. The Morgan fingerprint density at radius 3 is 2.37 bits per heavy atom. The third-order valence-corrected chi connectivity index (χ3v) is 7.31. The van der Waals surface area contributed by atoms with Crippen molar-refractivity contribution in [2.45, 2.75) is 46.7 Å². The van der Waals surface area contributed by atoms with Gasteiger partial charge in [0.1, 0.15) is 17.1 Å². The van der Waals surface area contributed by atoms with Crippen LogP contribution in [0.5, 0.6) is 11.5 Å². The Labute approximate surface area is 271 Å². The first-order chi connectivity index (χ1) is 22.1. The number of nitrogens with one attached hydrogen (secondary N) is 1. The van der Waals surface area contributed by atoms with Crippen LogP contribution in [0, 0.1) is 6.92 Å². The van der Waals surface area contributed by atoms with Gasteiger partial charge in [0.15, 0.2) is 5.78 Å². The van der Waals surface area contributed by atoms with Crippen LogP contribution in [0.25, 0.3) is 10.9 Å². The number of amides is 1. The van der Waals surface area contributed by atoms with Crippen molar-refractivity contribution in [1.29, 1.82) is 0 Å². The Morgan fingerprint density at radius 2 is 1.70 bits per heavy atom. The lowest BCUT2D eigenvalue weighted by molar-refractivity contribution is 0.0732. The maximum atomic E-state index is 12.9. The number of hydrogen-bond acceptors (Lipinski definition) is 7.